The topological polar surface area (TPSA) is 88.1 Å². The summed E-state index contributed by atoms with van der Waals surface area (Å²) >= 11 is 0. The second-order valence-corrected chi connectivity index (χ2v) is 11.3. The molecule has 16 heteroatoms. The number of rotatable bonds is 17. The molecule has 0 amide bonds. The van der Waals surface area contributed by atoms with E-state index in [1.54, 1.807) is 19.1 Å². The zero-order chi connectivity index (χ0) is 38.0. The van der Waals surface area contributed by atoms with Gasteiger partial charge in [-0.1, -0.05) is 50.5 Å². The highest BCUT2D eigenvalue weighted by Gasteiger charge is 2.77. The Morgan fingerprint density at radius 1 is 0.706 bits per heavy atom. The van der Waals surface area contributed by atoms with Crippen LogP contribution < -0.4 is 9.47 Å². The normalized spacial score (nSPS) is 12.6. The van der Waals surface area contributed by atoms with Gasteiger partial charge in [-0.05, 0) is 67.3 Å². The van der Waals surface area contributed by atoms with Gasteiger partial charge in [-0.3, -0.25) is 0 Å². The maximum absolute atomic E-state index is 14.7. The van der Waals surface area contributed by atoms with Crippen LogP contribution in [0.3, 0.4) is 0 Å². The maximum atomic E-state index is 14.7. The average Bonchev–Trinajstić information content (AvgIpc) is 3.08. The van der Waals surface area contributed by atoms with E-state index in [9.17, 15) is 53.9 Å². The average molecular weight is 737 g/mol. The highest BCUT2D eigenvalue weighted by molar-refractivity contribution is 5.92. The molecule has 0 saturated carbocycles. The molecule has 3 aromatic rings. The summed E-state index contributed by atoms with van der Waals surface area (Å²) in [5.41, 5.74) is 0.565. The van der Waals surface area contributed by atoms with E-state index in [0.29, 0.717) is 17.5 Å². The Morgan fingerprint density at radius 3 is 1.90 bits per heavy atom. The predicted molar refractivity (Wildman–Crippen MR) is 164 cm³/mol. The molecule has 0 aromatic heterocycles. The van der Waals surface area contributed by atoms with Crippen LogP contribution in [-0.2, 0) is 14.3 Å². The lowest BCUT2D eigenvalue weighted by atomic mass is 10.0. The number of halogens is 9. The van der Waals surface area contributed by atoms with Gasteiger partial charge < -0.3 is 18.9 Å². The van der Waals surface area contributed by atoms with Crippen molar-refractivity contribution in [1.82, 2.24) is 0 Å². The Balaban J connectivity index is 1.50. The molecule has 0 fully saturated rings. The number of unbranched alkanes of at least 4 members (excludes halogenated alkanes) is 3. The Bertz CT molecular complexity index is 1640. The molecular formula is C35H33F9O7. The maximum Gasteiger partial charge on any atom is 0.460 e. The first-order valence-electron chi connectivity index (χ1n) is 15.6. The molecule has 0 N–H and O–H groups in total. The second-order valence-electron chi connectivity index (χ2n) is 11.3. The molecule has 0 saturated heterocycles. The Hall–Kier alpha value is -4.76. The van der Waals surface area contributed by atoms with Crippen LogP contribution in [0.15, 0.2) is 60.7 Å². The van der Waals surface area contributed by atoms with Crippen molar-refractivity contribution < 1.29 is 72.8 Å². The minimum atomic E-state index is -6.67. The Kier molecular flexibility index (Phi) is 13.9. The summed E-state index contributed by atoms with van der Waals surface area (Å²) in [5.74, 6) is -21.4. The first-order chi connectivity index (χ1) is 23.9. The van der Waals surface area contributed by atoms with Gasteiger partial charge in [-0.25, -0.2) is 18.8 Å². The van der Waals surface area contributed by atoms with Crippen molar-refractivity contribution >= 4 is 17.9 Å². The number of ether oxygens (including phenoxy) is 4. The molecule has 0 heterocycles. The number of carbonyl (C=O) groups excluding carboxylic acids is 3. The van der Waals surface area contributed by atoms with Gasteiger partial charge in [-0.2, -0.15) is 35.1 Å². The number of carbonyl (C=O) groups is 3. The third-order valence-corrected chi connectivity index (χ3v) is 7.35. The second kappa shape index (κ2) is 17.4. The Labute approximate surface area is 286 Å². The number of hydrogen-bond donors (Lipinski definition) is 0. The van der Waals surface area contributed by atoms with E-state index in [0.717, 1.165) is 37.8 Å². The van der Waals surface area contributed by atoms with Crippen LogP contribution in [0, 0.1) is 11.6 Å². The summed E-state index contributed by atoms with van der Waals surface area (Å²) in [4.78, 5) is 36.2. The van der Waals surface area contributed by atoms with Gasteiger partial charge in [0.1, 0.15) is 5.75 Å². The van der Waals surface area contributed by atoms with Gasteiger partial charge in [-0.15, -0.1) is 0 Å². The van der Waals surface area contributed by atoms with E-state index in [-0.39, 0.29) is 24.3 Å². The molecule has 0 spiro atoms. The van der Waals surface area contributed by atoms with Crippen LogP contribution in [0.25, 0.3) is 11.1 Å². The molecule has 3 aromatic carbocycles. The predicted octanol–water partition coefficient (Wildman–Crippen LogP) is 9.51. The van der Waals surface area contributed by atoms with Gasteiger partial charge in [0.15, 0.2) is 11.6 Å². The van der Waals surface area contributed by atoms with Crippen LogP contribution in [0.5, 0.6) is 11.5 Å². The van der Waals surface area contributed by atoms with Gasteiger partial charge >= 0.3 is 35.9 Å². The van der Waals surface area contributed by atoms with Gasteiger partial charge in [0.05, 0.1) is 30.4 Å². The van der Waals surface area contributed by atoms with Gasteiger partial charge in [0.25, 0.3) is 0 Å². The number of esters is 3. The van der Waals surface area contributed by atoms with Crippen molar-refractivity contribution in [3.8, 4) is 22.6 Å². The summed E-state index contributed by atoms with van der Waals surface area (Å²) in [7, 11) is 0. The lowest BCUT2D eigenvalue weighted by Crippen LogP contribution is -2.56. The molecule has 3 rings (SSSR count). The van der Waals surface area contributed by atoms with Crippen LogP contribution in [0.2, 0.25) is 0 Å². The van der Waals surface area contributed by atoms with Gasteiger partial charge in [0, 0.05) is 6.42 Å². The van der Waals surface area contributed by atoms with Crippen LogP contribution in [0.1, 0.15) is 73.1 Å². The minimum Gasteiger partial charge on any atom is -0.493 e. The van der Waals surface area contributed by atoms with Crippen LogP contribution in [-0.4, -0.2) is 55.2 Å². The van der Waals surface area contributed by atoms with E-state index < -0.39 is 71.6 Å². The van der Waals surface area contributed by atoms with Crippen molar-refractivity contribution in [2.24, 2.45) is 0 Å². The van der Waals surface area contributed by atoms with Crippen molar-refractivity contribution in [2.75, 3.05) is 13.2 Å². The fraction of sp³-hybridized carbons (Fsp3) is 0.400. The zero-order valence-electron chi connectivity index (χ0n) is 27.3. The van der Waals surface area contributed by atoms with E-state index in [1.807, 2.05) is 0 Å². The monoisotopic (exact) mass is 736 g/mol. The molecule has 0 aliphatic heterocycles. The number of benzene rings is 3. The lowest BCUT2D eigenvalue weighted by molar-refractivity contribution is -0.348. The molecule has 1 atom stereocenters. The molecule has 0 aliphatic rings. The summed E-state index contributed by atoms with van der Waals surface area (Å²) in [6.07, 6.45) is -3.08. The SMILES string of the molecule is CCCCCC[C@H](C)OC(=O)c1ccc(OC(=O)c2ccc(-c3ccc(OCCCOC(=O)C(F)(F)C(F)(F)C(F)(F)F)cc3)cc2)c(F)c1F. The molecule has 0 bridgehead atoms. The van der Waals surface area contributed by atoms with E-state index >= 15 is 0 Å². The number of hydrogen-bond acceptors (Lipinski definition) is 7. The van der Waals surface area contributed by atoms with Crippen LogP contribution >= 0.6 is 0 Å². The van der Waals surface area contributed by atoms with Crippen molar-refractivity contribution in [3.05, 3.63) is 83.4 Å². The summed E-state index contributed by atoms with van der Waals surface area (Å²) in [5, 5.41) is 0. The number of alkyl halides is 7. The lowest BCUT2D eigenvalue weighted by Gasteiger charge is -2.26. The summed E-state index contributed by atoms with van der Waals surface area (Å²) < 4.78 is 138. The van der Waals surface area contributed by atoms with E-state index in [2.05, 4.69) is 11.7 Å². The standard InChI is InChI=1S/C35H33F9O7/c1-3-4-5-6-8-21(2)50-31(46)26-17-18-27(29(37)28(26)36)51-30(45)24-11-9-22(10-12-24)23-13-15-25(16-14-23)48-19-7-20-49-32(47)33(38,39)34(40,41)35(42,43)44/h9-18,21H,3-8,19-20H2,1-2H3/t21-/m0/s1. The van der Waals surface area contributed by atoms with Crippen LogP contribution in [0.4, 0.5) is 39.5 Å². The molecule has 0 aliphatic carbocycles. The van der Waals surface area contributed by atoms with E-state index in [4.69, 9.17) is 14.2 Å². The highest BCUT2D eigenvalue weighted by atomic mass is 19.4. The quantitative estimate of drug-likeness (QED) is 0.0591. The van der Waals surface area contributed by atoms with E-state index in [1.165, 1.54) is 36.4 Å². The fourth-order valence-electron chi connectivity index (χ4n) is 4.44. The minimum absolute atomic E-state index is 0.0144. The smallest absolute Gasteiger partial charge is 0.460 e. The van der Waals surface area contributed by atoms with Crippen molar-refractivity contribution in [1.29, 1.82) is 0 Å². The molecule has 7 nitrogen and oxygen atoms in total. The molecular weight excluding hydrogens is 703 g/mol. The highest BCUT2D eigenvalue weighted by Crippen LogP contribution is 2.47. The van der Waals surface area contributed by atoms with Crippen molar-refractivity contribution in [2.45, 2.75) is 76.5 Å². The third-order valence-electron chi connectivity index (χ3n) is 7.35. The Morgan fingerprint density at radius 2 is 1.31 bits per heavy atom. The largest absolute Gasteiger partial charge is 0.493 e. The molecule has 51 heavy (non-hydrogen) atoms. The van der Waals surface area contributed by atoms with Gasteiger partial charge in [0.2, 0.25) is 5.82 Å². The first kappa shape index (κ1) is 40.7. The molecule has 0 unspecified atom stereocenters. The first-order valence-corrected chi connectivity index (χ1v) is 15.6. The molecule has 0 radical (unpaired) electrons. The van der Waals surface area contributed by atoms with Crippen molar-refractivity contribution in [3.63, 3.8) is 0 Å². The zero-order valence-corrected chi connectivity index (χ0v) is 27.3. The fourth-order valence-corrected chi connectivity index (χ4v) is 4.44. The summed E-state index contributed by atoms with van der Waals surface area (Å²) in [6, 6.07) is 13.8. The third kappa shape index (κ3) is 10.4. The molecule has 278 valence electrons. The summed E-state index contributed by atoms with van der Waals surface area (Å²) in [6.45, 7) is 2.51.